The van der Waals surface area contributed by atoms with Gasteiger partial charge in [-0.05, 0) is 95.9 Å². The third-order valence-corrected chi connectivity index (χ3v) is 14.8. The molecular weight excluding hydrogens is 808 g/mol. The van der Waals surface area contributed by atoms with E-state index < -0.39 is 98.8 Å². The monoisotopic (exact) mass is 863 g/mol. The predicted octanol–water partition coefficient (Wildman–Crippen LogP) is 6.34. The number of rotatable bonds is 11. The fourth-order valence-electron chi connectivity index (χ4n) is 8.67. The molecule has 14 nitrogen and oxygen atoms in total. The third-order valence-electron chi connectivity index (χ3n) is 12.7. The molecule has 2 aromatic rings. The van der Waals surface area contributed by atoms with Crippen molar-refractivity contribution < 1.29 is 55.3 Å². The van der Waals surface area contributed by atoms with Gasteiger partial charge >= 0.3 is 12.1 Å². The van der Waals surface area contributed by atoms with Gasteiger partial charge in [-0.25, -0.2) is 17.6 Å². The van der Waals surface area contributed by atoms with Crippen LogP contribution < -0.4 is 19.5 Å². The first-order chi connectivity index (χ1) is 28.1. The lowest BCUT2D eigenvalue weighted by Gasteiger charge is -2.42. The molecule has 3 heterocycles. The van der Waals surface area contributed by atoms with Gasteiger partial charge < -0.3 is 19.9 Å². The summed E-state index contributed by atoms with van der Waals surface area (Å²) in [5.74, 6) is -5.65. The van der Waals surface area contributed by atoms with Crippen molar-refractivity contribution in [3.05, 3.63) is 42.5 Å². The molecule has 1 aromatic carbocycles. The van der Waals surface area contributed by atoms with Gasteiger partial charge in [0.05, 0.1) is 6.10 Å². The zero-order valence-electron chi connectivity index (χ0n) is 35.0. The number of ether oxygens (including phenoxy) is 2. The summed E-state index contributed by atoms with van der Waals surface area (Å²) in [6, 6.07) is -0.581. The first-order valence-electron chi connectivity index (χ1n) is 20.7. The lowest BCUT2D eigenvalue weighted by molar-refractivity contribution is -0.219. The highest BCUT2D eigenvalue weighted by Crippen LogP contribution is 2.52. The smallest absolute Gasteiger partial charge is 0.408 e. The van der Waals surface area contributed by atoms with Crippen molar-refractivity contribution in [2.24, 2.45) is 17.8 Å². The Bertz CT molecular complexity index is 2150. The summed E-state index contributed by atoms with van der Waals surface area (Å²) >= 11 is 0. The molecule has 8 atom stereocenters. The number of benzene rings is 1. The highest BCUT2D eigenvalue weighted by atomic mass is 32.2. The van der Waals surface area contributed by atoms with E-state index in [-0.39, 0.29) is 60.8 Å². The molecule has 3 N–H and O–H groups in total. The highest BCUT2D eigenvalue weighted by molar-refractivity contribution is 7.91. The van der Waals surface area contributed by atoms with E-state index in [1.807, 2.05) is 11.6 Å². The summed E-state index contributed by atoms with van der Waals surface area (Å²) in [7, 11) is -4.55. The molecule has 2 aliphatic carbocycles. The minimum atomic E-state index is -4.55. The van der Waals surface area contributed by atoms with Gasteiger partial charge in [-0.1, -0.05) is 51.1 Å². The molecule has 0 spiro atoms. The quantitative estimate of drug-likeness (QED) is 0.170. The van der Waals surface area contributed by atoms with Gasteiger partial charge in [0.15, 0.2) is 5.60 Å². The molecule has 330 valence electrons. The maximum atomic E-state index is 17.7. The van der Waals surface area contributed by atoms with Crippen LogP contribution in [0, 0.1) is 17.8 Å². The second kappa shape index (κ2) is 16.3. The van der Waals surface area contributed by atoms with E-state index in [4.69, 9.17) is 9.47 Å². The second-order valence-electron chi connectivity index (χ2n) is 17.7. The van der Waals surface area contributed by atoms with Gasteiger partial charge in [-0.15, -0.1) is 0 Å². The van der Waals surface area contributed by atoms with Crippen LogP contribution >= 0.6 is 0 Å². The van der Waals surface area contributed by atoms with Crippen LogP contribution in [-0.4, -0.2) is 105 Å². The summed E-state index contributed by atoms with van der Waals surface area (Å²) in [4.78, 5) is 62.3. The van der Waals surface area contributed by atoms with Gasteiger partial charge in [0, 0.05) is 29.8 Å². The van der Waals surface area contributed by atoms with E-state index in [9.17, 15) is 32.3 Å². The number of sulfonamides is 1. The van der Waals surface area contributed by atoms with E-state index in [1.165, 1.54) is 0 Å². The van der Waals surface area contributed by atoms with Crippen LogP contribution in [0.4, 0.5) is 18.0 Å². The zero-order chi connectivity index (χ0) is 44.2. The summed E-state index contributed by atoms with van der Waals surface area (Å²) in [5.41, 5.74) is -4.66. The van der Waals surface area contributed by atoms with E-state index in [0.717, 1.165) is 11.8 Å². The molecular formula is C42H56F3N5O9S. The number of carboxylic acid groups (broad SMARTS) is 1. The lowest BCUT2D eigenvalue weighted by atomic mass is 9.86. The molecule has 0 radical (unpaired) electrons. The average Bonchev–Trinajstić information content (AvgIpc) is 4.09. The van der Waals surface area contributed by atoms with Gasteiger partial charge in [-0.2, -0.15) is 13.8 Å². The minimum Gasteiger partial charge on any atom is -0.475 e. The lowest BCUT2D eigenvalue weighted by Crippen LogP contribution is -2.64. The number of carbonyl (C=O) groups is 4. The topological polar surface area (TPSA) is 185 Å². The third kappa shape index (κ3) is 8.11. The fraction of sp³-hybridized carbons (Fsp3) is 0.643. The zero-order valence-corrected chi connectivity index (χ0v) is 35.9. The first kappa shape index (κ1) is 44.9. The summed E-state index contributed by atoms with van der Waals surface area (Å²) in [6.07, 6.45) is 2.09. The number of halogens is 3. The Morgan fingerprint density at radius 1 is 1.13 bits per heavy atom. The minimum absolute atomic E-state index is 0.0138. The van der Waals surface area contributed by atoms with Crippen molar-refractivity contribution in [1.29, 1.82) is 0 Å². The van der Waals surface area contributed by atoms with Crippen molar-refractivity contribution in [2.75, 3.05) is 6.67 Å². The summed E-state index contributed by atoms with van der Waals surface area (Å²) in [6.45, 7) is 10.1. The Kier molecular flexibility index (Phi) is 12.2. The molecule has 6 rings (SSSR count). The molecule has 2 aliphatic heterocycles. The summed E-state index contributed by atoms with van der Waals surface area (Å²) in [5, 5.41) is 14.0. The van der Waals surface area contributed by atoms with Gasteiger partial charge in [0.1, 0.15) is 29.0 Å². The number of nitrogens with one attached hydrogen (secondary N) is 2. The van der Waals surface area contributed by atoms with Crippen LogP contribution in [0.25, 0.3) is 10.8 Å². The molecule has 1 unspecified atom stereocenters. The molecule has 1 aromatic heterocycles. The number of nitrogens with zero attached hydrogens (tertiary/aromatic N) is 3. The van der Waals surface area contributed by atoms with E-state index in [1.54, 1.807) is 77.1 Å². The van der Waals surface area contributed by atoms with Crippen LogP contribution in [0.1, 0.15) is 99.8 Å². The Morgan fingerprint density at radius 2 is 1.82 bits per heavy atom. The number of hydrogen-bond donors (Lipinski definition) is 3. The van der Waals surface area contributed by atoms with Crippen LogP contribution in [0.15, 0.2) is 42.5 Å². The Labute approximate surface area is 348 Å². The molecule has 18 heteroatoms. The molecule has 60 heavy (non-hydrogen) atoms. The molecule has 1 saturated heterocycles. The summed E-state index contributed by atoms with van der Waals surface area (Å²) < 4.78 is 88.1. The van der Waals surface area contributed by atoms with Crippen molar-refractivity contribution in [1.82, 2.24) is 24.8 Å². The number of allylic oxidation sites excluding steroid dienone is 1. The molecule has 0 bridgehead atoms. The van der Waals surface area contributed by atoms with Crippen LogP contribution in [-0.2, 0) is 24.4 Å². The maximum Gasteiger partial charge on any atom is 0.408 e. The van der Waals surface area contributed by atoms with Crippen LogP contribution in [0.2, 0.25) is 0 Å². The Hall–Kier alpha value is -4.61. The second-order valence-corrected chi connectivity index (χ2v) is 19.8. The number of aromatic nitrogens is 1. The van der Waals surface area contributed by atoms with Crippen molar-refractivity contribution in [3.63, 3.8) is 0 Å². The Balaban J connectivity index is 1.49. The van der Waals surface area contributed by atoms with Crippen molar-refractivity contribution >= 4 is 44.6 Å². The Morgan fingerprint density at radius 3 is 2.43 bits per heavy atom. The maximum absolute atomic E-state index is 17.7. The highest BCUT2D eigenvalue weighted by Gasteiger charge is 2.71. The first-order valence-corrected chi connectivity index (χ1v) is 22.1. The van der Waals surface area contributed by atoms with E-state index in [0.29, 0.717) is 23.6 Å². The van der Waals surface area contributed by atoms with Gasteiger partial charge in [-0.3, -0.25) is 28.9 Å². The number of carbonyl (C=O) groups excluding carboxylic acids is 3. The number of alkyl halides is 3. The fourth-order valence-corrected chi connectivity index (χ4v) is 10.1. The average molecular weight is 864 g/mol. The van der Waals surface area contributed by atoms with Crippen LogP contribution in [0.5, 0.6) is 11.8 Å². The molecule has 4 aliphatic rings. The molecule has 2 saturated carbocycles. The van der Waals surface area contributed by atoms with E-state index in [2.05, 4.69) is 10.3 Å². The number of fused-ring (bicyclic) bond motifs is 3. The normalized spacial score (nSPS) is 31.1. The van der Waals surface area contributed by atoms with Gasteiger partial charge in [0.25, 0.3) is 11.8 Å². The predicted molar refractivity (Wildman–Crippen MR) is 215 cm³/mol. The number of amides is 4. The molecule has 4 amide bonds. The van der Waals surface area contributed by atoms with Crippen molar-refractivity contribution in [2.45, 2.75) is 146 Å². The SMILES string of the molecule is CCC(C)N(C(=O)O)[C@@H]1C(=O)N2[C@@H](C[C@@](C)(Oc3nc(OC(C)C)cc4ccccc34)C2(F)F)C(=O)N[C@]2(C(=O)NS(=O)(=O)C3(CF)CC3)C[C@H]2/C=C\CC[C@@H](C)C[C@H]1C. The van der Waals surface area contributed by atoms with Gasteiger partial charge in [0.2, 0.25) is 27.7 Å². The number of pyridine rings is 1. The van der Waals surface area contributed by atoms with Crippen LogP contribution in [0.3, 0.4) is 0 Å². The number of hydrogen-bond acceptors (Lipinski definition) is 9. The molecule has 3 fully saturated rings. The van der Waals surface area contributed by atoms with Crippen molar-refractivity contribution in [3.8, 4) is 11.8 Å². The standard InChI is InChI=1S/C42H56F3N5O9S/c1-8-27(6)49(38(54)55)33-26(5)19-25(4)13-9-11-15-29-21-41(29,37(53)48-60(56,57)40(23-43)17-18-40)47-34(51)31-22-39(7,42(44,45)50(31)36(33)52)59-35-30-16-12-10-14-28(30)20-32(46-35)58-24(2)3/h10-12,14-16,20,24-27,29,31,33H,8-9,13,17-19,21-23H2,1-7H3,(H,47,51)(H,48,53)(H,54,55)/b15-11-/t25-,26-,27?,29-,31+,33+,39-,41-/m1/s1. The largest absolute Gasteiger partial charge is 0.475 e. The van der Waals surface area contributed by atoms with E-state index >= 15 is 13.6 Å².